The van der Waals surface area contributed by atoms with E-state index in [0.717, 1.165) is 12.8 Å². The maximum Gasteiger partial charge on any atom is 0.526 e. The molecule has 0 aromatic rings. The second kappa shape index (κ2) is 6.17. The van der Waals surface area contributed by atoms with E-state index in [4.69, 9.17) is 9.79 Å². The molecule has 84 valence electrons. The van der Waals surface area contributed by atoms with Crippen LogP contribution in [0.2, 0.25) is 0 Å². The largest absolute Gasteiger partial charge is 0.526 e. The van der Waals surface area contributed by atoms with E-state index in [1.165, 1.54) is 0 Å². The van der Waals surface area contributed by atoms with Crippen molar-refractivity contribution in [2.75, 3.05) is 0 Å². The molecular weight excluding hydrogens is 207 g/mol. The molecule has 0 atom stereocenters. The SMILES string of the molecule is CC(C)CCCCC(=O)OP(=O)(O)O. The third-order valence-electron chi connectivity index (χ3n) is 1.63. The molecule has 0 saturated heterocycles. The van der Waals surface area contributed by atoms with Gasteiger partial charge in [-0.25, -0.2) is 4.57 Å². The Bertz CT molecular complexity index is 220. The van der Waals surface area contributed by atoms with Crippen molar-refractivity contribution in [3.05, 3.63) is 0 Å². The molecular formula is C8H17O5P. The van der Waals surface area contributed by atoms with Crippen LogP contribution in [-0.4, -0.2) is 15.8 Å². The zero-order valence-electron chi connectivity index (χ0n) is 8.47. The number of rotatable bonds is 6. The number of phosphoric acid groups is 1. The quantitative estimate of drug-likeness (QED) is 0.531. The summed E-state index contributed by atoms with van der Waals surface area (Å²) in [5, 5.41) is 0. The molecule has 0 bridgehead atoms. The monoisotopic (exact) mass is 224 g/mol. The van der Waals surface area contributed by atoms with E-state index in [2.05, 4.69) is 18.4 Å². The van der Waals surface area contributed by atoms with E-state index in [1.54, 1.807) is 0 Å². The van der Waals surface area contributed by atoms with E-state index in [0.29, 0.717) is 12.3 Å². The lowest BCUT2D eigenvalue weighted by molar-refractivity contribution is -0.135. The molecule has 0 aliphatic carbocycles. The fourth-order valence-electron chi connectivity index (χ4n) is 1.00. The summed E-state index contributed by atoms with van der Waals surface area (Å²) >= 11 is 0. The Labute approximate surface area is 83.7 Å². The van der Waals surface area contributed by atoms with Crippen LogP contribution in [0, 0.1) is 5.92 Å². The third-order valence-corrected chi connectivity index (χ3v) is 2.07. The molecule has 0 aromatic heterocycles. The molecule has 14 heavy (non-hydrogen) atoms. The minimum atomic E-state index is -4.64. The van der Waals surface area contributed by atoms with Gasteiger partial charge >= 0.3 is 13.8 Å². The zero-order valence-corrected chi connectivity index (χ0v) is 9.37. The van der Waals surface area contributed by atoms with E-state index >= 15 is 0 Å². The van der Waals surface area contributed by atoms with E-state index in [1.807, 2.05) is 0 Å². The first-order chi connectivity index (χ1) is 6.31. The van der Waals surface area contributed by atoms with Gasteiger partial charge in [-0.3, -0.25) is 14.6 Å². The van der Waals surface area contributed by atoms with Gasteiger partial charge in [-0.05, 0) is 12.3 Å². The molecule has 0 aromatic carbocycles. The lowest BCUT2D eigenvalue weighted by atomic mass is 10.1. The smallest absolute Gasteiger partial charge is 0.371 e. The van der Waals surface area contributed by atoms with Crippen molar-refractivity contribution < 1.29 is 23.7 Å². The molecule has 0 rings (SSSR count). The van der Waals surface area contributed by atoms with Crippen molar-refractivity contribution in [3.63, 3.8) is 0 Å². The molecule has 0 spiro atoms. The Hall–Kier alpha value is -0.380. The highest BCUT2D eigenvalue weighted by atomic mass is 31.2. The number of hydrogen-bond donors (Lipinski definition) is 2. The van der Waals surface area contributed by atoms with Crippen LogP contribution in [0.5, 0.6) is 0 Å². The number of hydrogen-bond acceptors (Lipinski definition) is 3. The van der Waals surface area contributed by atoms with E-state index < -0.39 is 13.8 Å². The average Bonchev–Trinajstić information content (AvgIpc) is 1.94. The van der Waals surface area contributed by atoms with Crippen LogP contribution in [0.25, 0.3) is 0 Å². The van der Waals surface area contributed by atoms with E-state index in [-0.39, 0.29) is 6.42 Å². The normalized spacial score (nSPS) is 11.8. The molecule has 0 radical (unpaired) electrons. The average molecular weight is 224 g/mol. The van der Waals surface area contributed by atoms with Gasteiger partial charge in [0.15, 0.2) is 0 Å². The van der Waals surface area contributed by atoms with Gasteiger partial charge in [0.1, 0.15) is 0 Å². The second-order valence-corrected chi connectivity index (χ2v) is 4.76. The Balaban J connectivity index is 3.51. The summed E-state index contributed by atoms with van der Waals surface area (Å²) in [6, 6.07) is 0. The third kappa shape index (κ3) is 9.71. The highest BCUT2D eigenvalue weighted by Crippen LogP contribution is 2.36. The van der Waals surface area contributed by atoms with Crippen molar-refractivity contribution in [2.24, 2.45) is 5.92 Å². The summed E-state index contributed by atoms with van der Waals surface area (Å²) < 4.78 is 14.1. The Kier molecular flexibility index (Phi) is 6.00. The molecule has 0 aliphatic rings. The Morgan fingerprint density at radius 3 is 2.36 bits per heavy atom. The van der Waals surface area contributed by atoms with Crippen LogP contribution in [0.3, 0.4) is 0 Å². The fraction of sp³-hybridized carbons (Fsp3) is 0.875. The van der Waals surface area contributed by atoms with Gasteiger partial charge in [-0.2, -0.15) is 0 Å². The number of carbonyl (C=O) groups excluding carboxylic acids is 1. The van der Waals surface area contributed by atoms with Crippen molar-refractivity contribution >= 4 is 13.8 Å². The highest BCUT2D eigenvalue weighted by molar-refractivity contribution is 7.46. The molecule has 6 heteroatoms. The highest BCUT2D eigenvalue weighted by Gasteiger charge is 2.19. The van der Waals surface area contributed by atoms with Gasteiger partial charge in [0.05, 0.1) is 0 Å². The Morgan fingerprint density at radius 1 is 1.36 bits per heavy atom. The van der Waals surface area contributed by atoms with Gasteiger partial charge in [-0.15, -0.1) is 0 Å². The summed E-state index contributed by atoms with van der Waals surface area (Å²) in [5.41, 5.74) is 0. The molecule has 0 amide bonds. The number of phosphoric ester groups is 1. The number of unbranched alkanes of at least 4 members (excludes halogenated alkanes) is 1. The minimum absolute atomic E-state index is 0.0673. The molecule has 0 saturated carbocycles. The van der Waals surface area contributed by atoms with Crippen molar-refractivity contribution in [1.82, 2.24) is 0 Å². The summed E-state index contributed by atoms with van der Waals surface area (Å²) in [6.07, 6.45) is 2.55. The molecule has 2 N–H and O–H groups in total. The Morgan fingerprint density at radius 2 is 1.93 bits per heavy atom. The maximum absolute atomic E-state index is 10.8. The fourth-order valence-corrected chi connectivity index (χ4v) is 1.36. The second-order valence-electron chi connectivity index (χ2n) is 3.59. The zero-order chi connectivity index (χ0) is 11.2. The van der Waals surface area contributed by atoms with Gasteiger partial charge in [0.2, 0.25) is 0 Å². The predicted molar refractivity (Wildman–Crippen MR) is 51.4 cm³/mol. The lowest BCUT2D eigenvalue weighted by Gasteiger charge is -2.05. The van der Waals surface area contributed by atoms with Crippen LogP contribution in [0.15, 0.2) is 0 Å². The van der Waals surface area contributed by atoms with Crippen LogP contribution in [-0.2, 0) is 13.9 Å². The predicted octanol–water partition coefficient (Wildman–Crippen LogP) is 1.84. The molecule has 0 fully saturated rings. The van der Waals surface area contributed by atoms with E-state index in [9.17, 15) is 9.36 Å². The summed E-state index contributed by atoms with van der Waals surface area (Å²) in [5.74, 6) is -0.255. The standard InChI is InChI=1S/C8H17O5P/c1-7(2)5-3-4-6-8(9)13-14(10,11)12/h7H,3-6H2,1-2H3,(H2,10,11,12). The summed E-state index contributed by atoms with van der Waals surface area (Å²) in [7, 11) is -4.64. The van der Waals surface area contributed by atoms with Gasteiger partial charge < -0.3 is 4.52 Å². The maximum atomic E-state index is 10.8. The van der Waals surface area contributed by atoms with Crippen LogP contribution in [0.4, 0.5) is 0 Å². The van der Waals surface area contributed by atoms with Crippen LogP contribution in [0.1, 0.15) is 39.5 Å². The van der Waals surface area contributed by atoms with Crippen molar-refractivity contribution in [2.45, 2.75) is 39.5 Å². The topological polar surface area (TPSA) is 83.8 Å². The van der Waals surface area contributed by atoms with Gasteiger partial charge in [-0.1, -0.05) is 26.7 Å². The summed E-state index contributed by atoms with van der Waals surface area (Å²) in [4.78, 5) is 27.4. The molecule has 0 aliphatic heterocycles. The van der Waals surface area contributed by atoms with Gasteiger partial charge in [0.25, 0.3) is 0 Å². The van der Waals surface area contributed by atoms with Crippen LogP contribution >= 0.6 is 7.82 Å². The first-order valence-electron chi connectivity index (χ1n) is 4.59. The summed E-state index contributed by atoms with van der Waals surface area (Å²) in [6.45, 7) is 4.15. The minimum Gasteiger partial charge on any atom is -0.371 e. The van der Waals surface area contributed by atoms with Gasteiger partial charge in [0, 0.05) is 6.42 Å². The number of carbonyl (C=O) groups is 1. The molecule has 0 heterocycles. The molecule has 0 unspecified atom stereocenters. The first-order valence-corrected chi connectivity index (χ1v) is 6.12. The van der Waals surface area contributed by atoms with Crippen molar-refractivity contribution in [1.29, 1.82) is 0 Å². The van der Waals surface area contributed by atoms with Crippen molar-refractivity contribution in [3.8, 4) is 0 Å². The lowest BCUT2D eigenvalue weighted by Crippen LogP contribution is -2.02. The first kappa shape index (κ1) is 13.6. The molecule has 5 nitrogen and oxygen atoms in total. The van der Waals surface area contributed by atoms with Crippen LogP contribution < -0.4 is 0 Å².